The van der Waals surface area contributed by atoms with Crippen molar-refractivity contribution in [1.29, 1.82) is 0 Å². The number of carbonyl (C=O) groups excluding carboxylic acids is 1. The van der Waals surface area contributed by atoms with E-state index in [0.717, 1.165) is 16.8 Å². The van der Waals surface area contributed by atoms with E-state index in [2.05, 4.69) is 5.32 Å². The van der Waals surface area contributed by atoms with Gasteiger partial charge < -0.3 is 10.1 Å². The molecule has 110 valence electrons. The molecule has 0 aliphatic rings. The van der Waals surface area contributed by atoms with Gasteiger partial charge in [-0.1, -0.05) is 18.2 Å². The summed E-state index contributed by atoms with van der Waals surface area (Å²) in [4.78, 5) is 11.6. The molecular weight excluding hydrogens is 269 g/mol. The van der Waals surface area contributed by atoms with E-state index in [1.807, 2.05) is 19.9 Å². The van der Waals surface area contributed by atoms with E-state index >= 15 is 0 Å². The number of hydrogen-bond acceptors (Lipinski definition) is 3. The number of ether oxygens (including phenoxy) is 1. The van der Waals surface area contributed by atoms with Crippen molar-refractivity contribution in [2.45, 2.75) is 19.9 Å². The number of esters is 1. The normalized spacial score (nSPS) is 11.8. The zero-order valence-corrected chi connectivity index (χ0v) is 12.3. The molecule has 0 aliphatic carbocycles. The number of rotatable bonds is 4. The Bertz CT molecular complexity index is 638. The second kappa shape index (κ2) is 6.39. The monoisotopic (exact) mass is 287 g/mol. The van der Waals surface area contributed by atoms with Gasteiger partial charge in [0.15, 0.2) is 0 Å². The van der Waals surface area contributed by atoms with Gasteiger partial charge in [0, 0.05) is 11.7 Å². The smallest absolute Gasteiger partial charge is 0.337 e. The molecule has 1 N–H and O–H groups in total. The highest BCUT2D eigenvalue weighted by molar-refractivity contribution is 5.90. The van der Waals surface area contributed by atoms with Crippen LogP contribution in [-0.4, -0.2) is 13.1 Å². The molecule has 0 spiro atoms. The van der Waals surface area contributed by atoms with Gasteiger partial charge in [-0.2, -0.15) is 0 Å². The Morgan fingerprint density at radius 3 is 2.48 bits per heavy atom. The van der Waals surface area contributed by atoms with Crippen molar-refractivity contribution in [2.75, 3.05) is 12.4 Å². The third-order valence-electron chi connectivity index (χ3n) is 3.40. The number of aryl methyl sites for hydroxylation is 1. The van der Waals surface area contributed by atoms with Crippen LogP contribution in [0.4, 0.5) is 10.1 Å². The number of carbonyl (C=O) groups is 1. The standard InChI is InChI=1S/C17H18FNO2/c1-11-4-5-14(17(20)21-3)10-16(11)19-12(2)13-6-8-15(18)9-7-13/h4-10,12,19H,1-3H3. The Kier molecular flexibility index (Phi) is 4.58. The van der Waals surface area contributed by atoms with E-state index in [-0.39, 0.29) is 17.8 Å². The van der Waals surface area contributed by atoms with Crippen LogP contribution in [0.15, 0.2) is 42.5 Å². The molecule has 0 bridgehead atoms. The summed E-state index contributed by atoms with van der Waals surface area (Å²) in [6.07, 6.45) is 0. The molecule has 0 aliphatic heterocycles. The molecule has 2 rings (SSSR count). The minimum absolute atomic E-state index is 0.00260. The van der Waals surface area contributed by atoms with Crippen LogP contribution in [0.1, 0.15) is 34.5 Å². The van der Waals surface area contributed by atoms with Crippen LogP contribution in [-0.2, 0) is 4.74 Å². The highest BCUT2D eigenvalue weighted by atomic mass is 19.1. The molecule has 0 heterocycles. The van der Waals surface area contributed by atoms with Gasteiger partial charge in [0.25, 0.3) is 0 Å². The maximum atomic E-state index is 13.0. The number of halogens is 1. The number of anilines is 1. The third kappa shape index (κ3) is 3.60. The predicted octanol–water partition coefficient (Wildman–Crippen LogP) is 4.09. The number of benzene rings is 2. The Labute approximate surface area is 123 Å². The van der Waals surface area contributed by atoms with E-state index in [0.29, 0.717) is 5.56 Å². The average Bonchev–Trinajstić information content (AvgIpc) is 2.49. The van der Waals surface area contributed by atoms with Gasteiger partial charge in [-0.05, 0) is 49.2 Å². The average molecular weight is 287 g/mol. The van der Waals surface area contributed by atoms with Crippen LogP contribution >= 0.6 is 0 Å². The highest BCUT2D eigenvalue weighted by Gasteiger charge is 2.11. The molecule has 4 heteroatoms. The summed E-state index contributed by atoms with van der Waals surface area (Å²) >= 11 is 0. The lowest BCUT2D eigenvalue weighted by atomic mass is 10.1. The fourth-order valence-corrected chi connectivity index (χ4v) is 2.09. The van der Waals surface area contributed by atoms with Crippen molar-refractivity contribution >= 4 is 11.7 Å². The number of hydrogen-bond donors (Lipinski definition) is 1. The summed E-state index contributed by atoms with van der Waals surface area (Å²) in [7, 11) is 1.36. The number of methoxy groups -OCH3 is 1. The first-order valence-electron chi connectivity index (χ1n) is 6.72. The molecule has 2 aromatic carbocycles. The quantitative estimate of drug-likeness (QED) is 0.861. The summed E-state index contributed by atoms with van der Waals surface area (Å²) in [5.74, 6) is -0.623. The Hall–Kier alpha value is -2.36. The fourth-order valence-electron chi connectivity index (χ4n) is 2.09. The van der Waals surface area contributed by atoms with E-state index in [9.17, 15) is 9.18 Å². The van der Waals surface area contributed by atoms with Gasteiger partial charge in [0.05, 0.1) is 12.7 Å². The summed E-state index contributed by atoms with van der Waals surface area (Å²) in [5, 5.41) is 3.34. The molecule has 0 saturated heterocycles. The molecule has 0 fully saturated rings. The zero-order valence-electron chi connectivity index (χ0n) is 12.3. The molecule has 1 atom stereocenters. The summed E-state index contributed by atoms with van der Waals surface area (Å²) in [6.45, 7) is 3.94. The second-order valence-electron chi connectivity index (χ2n) is 4.94. The molecule has 0 amide bonds. The lowest BCUT2D eigenvalue weighted by molar-refractivity contribution is 0.0601. The topological polar surface area (TPSA) is 38.3 Å². The Morgan fingerprint density at radius 2 is 1.86 bits per heavy atom. The largest absolute Gasteiger partial charge is 0.465 e. The zero-order chi connectivity index (χ0) is 15.4. The maximum Gasteiger partial charge on any atom is 0.337 e. The van der Waals surface area contributed by atoms with Crippen molar-refractivity contribution in [1.82, 2.24) is 0 Å². The van der Waals surface area contributed by atoms with Crippen LogP contribution < -0.4 is 5.32 Å². The van der Waals surface area contributed by atoms with Gasteiger partial charge in [-0.3, -0.25) is 0 Å². The summed E-state index contributed by atoms with van der Waals surface area (Å²) < 4.78 is 17.7. The minimum Gasteiger partial charge on any atom is -0.465 e. The van der Waals surface area contributed by atoms with E-state index in [4.69, 9.17) is 4.74 Å². The van der Waals surface area contributed by atoms with Gasteiger partial charge in [0.1, 0.15) is 5.82 Å². The molecule has 3 nitrogen and oxygen atoms in total. The van der Waals surface area contributed by atoms with Crippen LogP contribution in [0.3, 0.4) is 0 Å². The lowest BCUT2D eigenvalue weighted by Crippen LogP contribution is -2.09. The van der Waals surface area contributed by atoms with Crippen molar-refractivity contribution in [3.05, 3.63) is 65.0 Å². The van der Waals surface area contributed by atoms with Crippen molar-refractivity contribution in [2.24, 2.45) is 0 Å². The van der Waals surface area contributed by atoms with Crippen LogP contribution in [0.25, 0.3) is 0 Å². The van der Waals surface area contributed by atoms with Crippen molar-refractivity contribution in [3.63, 3.8) is 0 Å². The molecular formula is C17H18FNO2. The first-order chi connectivity index (χ1) is 10.0. The van der Waals surface area contributed by atoms with Crippen LogP contribution in [0, 0.1) is 12.7 Å². The fraction of sp³-hybridized carbons (Fsp3) is 0.235. The van der Waals surface area contributed by atoms with Gasteiger partial charge >= 0.3 is 5.97 Å². The van der Waals surface area contributed by atoms with Gasteiger partial charge in [-0.25, -0.2) is 9.18 Å². The van der Waals surface area contributed by atoms with Crippen LogP contribution in [0.2, 0.25) is 0 Å². The van der Waals surface area contributed by atoms with E-state index in [1.54, 1.807) is 24.3 Å². The SMILES string of the molecule is COC(=O)c1ccc(C)c(NC(C)c2ccc(F)cc2)c1. The van der Waals surface area contributed by atoms with E-state index < -0.39 is 0 Å². The molecule has 0 radical (unpaired) electrons. The molecule has 2 aromatic rings. The maximum absolute atomic E-state index is 13.0. The third-order valence-corrected chi connectivity index (χ3v) is 3.40. The molecule has 0 saturated carbocycles. The predicted molar refractivity (Wildman–Crippen MR) is 81.0 cm³/mol. The van der Waals surface area contributed by atoms with Crippen LogP contribution in [0.5, 0.6) is 0 Å². The first kappa shape index (κ1) is 15.0. The second-order valence-corrected chi connectivity index (χ2v) is 4.94. The van der Waals surface area contributed by atoms with Crippen molar-refractivity contribution < 1.29 is 13.9 Å². The minimum atomic E-state index is -0.368. The van der Waals surface area contributed by atoms with E-state index in [1.165, 1.54) is 19.2 Å². The Morgan fingerprint density at radius 1 is 1.19 bits per heavy atom. The first-order valence-corrected chi connectivity index (χ1v) is 6.72. The van der Waals surface area contributed by atoms with Gasteiger partial charge in [0.2, 0.25) is 0 Å². The van der Waals surface area contributed by atoms with Gasteiger partial charge in [-0.15, -0.1) is 0 Å². The Balaban J connectivity index is 2.22. The molecule has 21 heavy (non-hydrogen) atoms. The summed E-state index contributed by atoms with van der Waals surface area (Å²) in [6, 6.07) is 11.7. The lowest BCUT2D eigenvalue weighted by Gasteiger charge is -2.18. The molecule has 0 aromatic heterocycles. The number of nitrogens with one attached hydrogen (secondary N) is 1. The highest BCUT2D eigenvalue weighted by Crippen LogP contribution is 2.23. The molecule has 1 unspecified atom stereocenters. The van der Waals surface area contributed by atoms with Crippen molar-refractivity contribution in [3.8, 4) is 0 Å². The summed E-state index contributed by atoms with van der Waals surface area (Å²) in [5.41, 5.74) is 3.35.